The standard InChI is InChI=1S/2C15H16O/c1-3-14-11(2)9-13(16)10-15(14)12-7-5-4-6-8-12;1-3-13-11(2)9-10-14(16)15(13)12-7-5-4-6-8-12/h2*4-10,16H,3H2,1-2H3. The van der Waals surface area contributed by atoms with Gasteiger partial charge in [-0.15, -0.1) is 0 Å². The number of aryl methyl sites for hydroxylation is 2. The second kappa shape index (κ2) is 10.7. The molecule has 2 heteroatoms. The van der Waals surface area contributed by atoms with Crippen molar-refractivity contribution in [2.75, 3.05) is 0 Å². The molecule has 0 atom stereocenters. The quantitative estimate of drug-likeness (QED) is 0.350. The van der Waals surface area contributed by atoms with Crippen LogP contribution in [-0.2, 0) is 12.8 Å². The van der Waals surface area contributed by atoms with Crippen LogP contribution >= 0.6 is 0 Å². The van der Waals surface area contributed by atoms with Crippen LogP contribution in [-0.4, -0.2) is 10.2 Å². The van der Waals surface area contributed by atoms with Crippen molar-refractivity contribution in [2.45, 2.75) is 40.5 Å². The van der Waals surface area contributed by atoms with Crippen molar-refractivity contribution in [3.8, 4) is 33.8 Å². The lowest BCUT2D eigenvalue weighted by molar-refractivity contribution is 0.474. The molecule has 164 valence electrons. The molecule has 0 bridgehead atoms. The minimum Gasteiger partial charge on any atom is -0.508 e. The number of rotatable bonds is 4. The van der Waals surface area contributed by atoms with Gasteiger partial charge < -0.3 is 10.2 Å². The first-order valence-corrected chi connectivity index (χ1v) is 11.2. The summed E-state index contributed by atoms with van der Waals surface area (Å²) in [4.78, 5) is 0. The Morgan fingerprint density at radius 2 is 1.16 bits per heavy atom. The monoisotopic (exact) mass is 424 g/mol. The summed E-state index contributed by atoms with van der Waals surface area (Å²) in [6, 6.07) is 27.7. The number of hydrogen-bond donors (Lipinski definition) is 2. The van der Waals surface area contributed by atoms with Gasteiger partial charge in [-0.1, -0.05) is 80.6 Å². The molecule has 0 spiro atoms. The van der Waals surface area contributed by atoms with Crippen molar-refractivity contribution in [3.05, 3.63) is 107 Å². The Kier molecular flexibility index (Phi) is 7.72. The van der Waals surface area contributed by atoms with E-state index in [2.05, 4.69) is 32.9 Å². The van der Waals surface area contributed by atoms with Gasteiger partial charge in [0.2, 0.25) is 0 Å². The maximum Gasteiger partial charge on any atom is 0.123 e. The molecule has 2 N–H and O–H groups in total. The Balaban J connectivity index is 0.000000181. The van der Waals surface area contributed by atoms with Crippen LogP contribution in [0.2, 0.25) is 0 Å². The predicted molar refractivity (Wildman–Crippen MR) is 135 cm³/mol. The maximum atomic E-state index is 10.0. The van der Waals surface area contributed by atoms with Crippen LogP contribution in [0.5, 0.6) is 11.5 Å². The Labute approximate surface area is 191 Å². The third-order valence-electron chi connectivity index (χ3n) is 5.84. The van der Waals surface area contributed by atoms with Crippen LogP contribution in [0.4, 0.5) is 0 Å². The molecular weight excluding hydrogens is 392 g/mol. The van der Waals surface area contributed by atoms with Crippen LogP contribution < -0.4 is 0 Å². The average Bonchev–Trinajstić information content (AvgIpc) is 2.81. The zero-order valence-electron chi connectivity index (χ0n) is 19.4. The second-order valence-corrected chi connectivity index (χ2v) is 7.98. The first-order chi connectivity index (χ1) is 15.5. The molecule has 32 heavy (non-hydrogen) atoms. The molecule has 0 aliphatic carbocycles. The van der Waals surface area contributed by atoms with Crippen LogP contribution in [0.25, 0.3) is 22.3 Å². The van der Waals surface area contributed by atoms with E-state index in [9.17, 15) is 10.2 Å². The molecule has 2 nitrogen and oxygen atoms in total. The van der Waals surface area contributed by atoms with Gasteiger partial charge in [-0.05, 0) is 83.8 Å². The van der Waals surface area contributed by atoms with Gasteiger partial charge in [-0.25, -0.2) is 0 Å². The lowest BCUT2D eigenvalue weighted by Gasteiger charge is -2.13. The minimum absolute atomic E-state index is 0.341. The molecule has 4 aromatic rings. The number of phenols is 2. The Morgan fingerprint density at radius 1 is 0.594 bits per heavy atom. The predicted octanol–water partition coefficient (Wildman–Crippen LogP) is 7.86. The normalized spacial score (nSPS) is 10.4. The summed E-state index contributed by atoms with van der Waals surface area (Å²) in [5.41, 5.74) is 9.29. The van der Waals surface area contributed by atoms with Gasteiger partial charge in [0.25, 0.3) is 0 Å². The van der Waals surface area contributed by atoms with E-state index in [1.165, 1.54) is 22.3 Å². The summed E-state index contributed by atoms with van der Waals surface area (Å²) in [5.74, 6) is 0.710. The lowest BCUT2D eigenvalue weighted by Crippen LogP contribution is -1.92. The number of benzene rings is 4. The van der Waals surface area contributed by atoms with Gasteiger partial charge in [0.05, 0.1) is 0 Å². The van der Waals surface area contributed by atoms with Gasteiger partial charge in [-0.3, -0.25) is 0 Å². The van der Waals surface area contributed by atoms with E-state index in [0.29, 0.717) is 11.5 Å². The highest BCUT2D eigenvalue weighted by molar-refractivity contribution is 5.75. The molecule has 0 aliphatic heterocycles. The minimum atomic E-state index is 0.341. The summed E-state index contributed by atoms with van der Waals surface area (Å²) >= 11 is 0. The second-order valence-electron chi connectivity index (χ2n) is 7.98. The SMILES string of the molecule is CCc1c(C)cc(O)cc1-c1ccccc1.CCc1c(C)ccc(O)c1-c1ccccc1. The highest BCUT2D eigenvalue weighted by Crippen LogP contribution is 2.34. The van der Waals surface area contributed by atoms with Crippen molar-refractivity contribution >= 4 is 0 Å². The average molecular weight is 425 g/mol. The fourth-order valence-electron chi connectivity index (χ4n) is 4.26. The van der Waals surface area contributed by atoms with Gasteiger partial charge in [-0.2, -0.15) is 0 Å². The Bertz CT molecular complexity index is 1160. The number of hydrogen-bond acceptors (Lipinski definition) is 2. The summed E-state index contributed by atoms with van der Waals surface area (Å²) in [5, 5.41) is 19.7. The highest BCUT2D eigenvalue weighted by atomic mass is 16.3. The van der Waals surface area contributed by atoms with Crippen LogP contribution in [0.15, 0.2) is 84.9 Å². The van der Waals surface area contributed by atoms with Gasteiger partial charge in [0.15, 0.2) is 0 Å². The molecule has 0 unspecified atom stereocenters. The van der Waals surface area contributed by atoms with Crippen LogP contribution in [0.3, 0.4) is 0 Å². The molecule has 0 heterocycles. The smallest absolute Gasteiger partial charge is 0.123 e. The Morgan fingerprint density at radius 3 is 1.72 bits per heavy atom. The molecule has 0 saturated heterocycles. The van der Waals surface area contributed by atoms with E-state index >= 15 is 0 Å². The highest BCUT2D eigenvalue weighted by Gasteiger charge is 2.11. The third kappa shape index (κ3) is 5.20. The van der Waals surface area contributed by atoms with Crippen molar-refractivity contribution in [1.82, 2.24) is 0 Å². The van der Waals surface area contributed by atoms with E-state index in [1.807, 2.05) is 73.7 Å². The fourth-order valence-corrected chi connectivity index (χ4v) is 4.26. The van der Waals surface area contributed by atoms with E-state index in [1.54, 1.807) is 6.07 Å². The number of phenolic OH excluding ortho intramolecular Hbond substituents is 2. The molecule has 0 aromatic heterocycles. The van der Waals surface area contributed by atoms with Crippen molar-refractivity contribution in [3.63, 3.8) is 0 Å². The third-order valence-corrected chi connectivity index (χ3v) is 5.84. The fraction of sp³-hybridized carbons (Fsp3) is 0.200. The zero-order chi connectivity index (χ0) is 23.1. The van der Waals surface area contributed by atoms with Gasteiger partial charge >= 0.3 is 0 Å². The molecule has 0 saturated carbocycles. The molecule has 0 amide bonds. The zero-order valence-corrected chi connectivity index (χ0v) is 19.4. The first-order valence-electron chi connectivity index (χ1n) is 11.2. The number of aromatic hydroxyl groups is 2. The largest absolute Gasteiger partial charge is 0.508 e. The lowest BCUT2D eigenvalue weighted by atomic mass is 9.93. The first kappa shape index (κ1) is 23.1. The van der Waals surface area contributed by atoms with Gasteiger partial charge in [0.1, 0.15) is 11.5 Å². The van der Waals surface area contributed by atoms with Crippen molar-refractivity contribution in [2.24, 2.45) is 0 Å². The summed E-state index contributed by atoms with van der Waals surface area (Å²) < 4.78 is 0. The van der Waals surface area contributed by atoms with Crippen LogP contribution in [0, 0.1) is 13.8 Å². The molecule has 0 aliphatic rings. The van der Waals surface area contributed by atoms with Crippen LogP contribution in [0.1, 0.15) is 36.1 Å². The Hall–Kier alpha value is -3.52. The summed E-state index contributed by atoms with van der Waals surface area (Å²) in [6.07, 6.45) is 1.92. The molecule has 0 radical (unpaired) electrons. The topological polar surface area (TPSA) is 40.5 Å². The van der Waals surface area contributed by atoms with E-state index in [0.717, 1.165) is 35.1 Å². The molecular formula is C30H32O2. The summed E-state index contributed by atoms with van der Waals surface area (Å²) in [6.45, 7) is 8.40. The van der Waals surface area contributed by atoms with E-state index < -0.39 is 0 Å². The molecule has 4 aromatic carbocycles. The molecule has 4 rings (SSSR count). The van der Waals surface area contributed by atoms with Crippen molar-refractivity contribution in [1.29, 1.82) is 0 Å². The summed E-state index contributed by atoms with van der Waals surface area (Å²) in [7, 11) is 0. The molecule has 0 fully saturated rings. The van der Waals surface area contributed by atoms with E-state index in [4.69, 9.17) is 0 Å². The maximum absolute atomic E-state index is 10.0. The van der Waals surface area contributed by atoms with Crippen molar-refractivity contribution < 1.29 is 10.2 Å². The van der Waals surface area contributed by atoms with Gasteiger partial charge in [0, 0.05) is 5.56 Å². The van der Waals surface area contributed by atoms with E-state index in [-0.39, 0.29) is 0 Å².